The van der Waals surface area contributed by atoms with Gasteiger partial charge in [0, 0.05) is 60.1 Å². The number of pyridine rings is 1. The molecular formula is C26H27N5O2. The Balaban J connectivity index is 1.44. The number of H-pyrrole nitrogens is 1. The van der Waals surface area contributed by atoms with Gasteiger partial charge in [0.2, 0.25) is 0 Å². The first-order valence-electron chi connectivity index (χ1n) is 11.5. The number of benzene rings is 1. The number of ether oxygens (including phenoxy) is 1. The van der Waals surface area contributed by atoms with Crippen molar-refractivity contribution in [3.05, 3.63) is 53.6 Å². The fourth-order valence-corrected chi connectivity index (χ4v) is 5.39. The molecule has 2 aliphatic rings. The first-order chi connectivity index (χ1) is 15.9. The lowest BCUT2D eigenvalue weighted by molar-refractivity contribution is 0.0188. The molecule has 2 aliphatic heterocycles. The third-order valence-corrected chi connectivity index (χ3v) is 7.25. The number of piperidine rings is 1. The number of hydrogen-bond donors (Lipinski definition) is 2. The van der Waals surface area contributed by atoms with Crippen molar-refractivity contribution in [1.82, 2.24) is 25.1 Å². The lowest BCUT2D eigenvalue weighted by Gasteiger charge is -2.41. The average molecular weight is 442 g/mol. The van der Waals surface area contributed by atoms with Crippen molar-refractivity contribution in [3.63, 3.8) is 0 Å². The maximum Gasteiger partial charge on any atom is 0.170 e. The Labute approximate surface area is 192 Å². The van der Waals surface area contributed by atoms with Crippen LogP contribution >= 0.6 is 0 Å². The van der Waals surface area contributed by atoms with E-state index in [1.54, 1.807) is 0 Å². The molecule has 0 saturated carbocycles. The van der Waals surface area contributed by atoms with E-state index >= 15 is 0 Å². The molecule has 1 spiro atoms. The highest BCUT2D eigenvalue weighted by Gasteiger charge is 2.41. The van der Waals surface area contributed by atoms with Crippen LogP contribution in [0.4, 0.5) is 0 Å². The molecule has 0 unspecified atom stereocenters. The summed E-state index contributed by atoms with van der Waals surface area (Å²) in [6, 6.07) is 8.11. The predicted molar refractivity (Wildman–Crippen MR) is 128 cm³/mol. The van der Waals surface area contributed by atoms with Gasteiger partial charge in [-0.2, -0.15) is 5.10 Å². The van der Waals surface area contributed by atoms with Gasteiger partial charge in [-0.3, -0.25) is 9.48 Å². The molecule has 33 heavy (non-hydrogen) atoms. The molecule has 0 amide bonds. The minimum absolute atomic E-state index is 0.176. The fourth-order valence-electron chi connectivity index (χ4n) is 5.39. The Morgan fingerprint density at radius 1 is 1.09 bits per heavy atom. The normalized spacial score (nSPS) is 17.4. The number of Topliss-reactive ketones (excluding diaryl/α,β-unsaturated/α-hetero) is 1. The van der Waals surface area contributed by atoms with E-state index in [1.165, 1.54) is 0 Å². The summed E-state index contributed by atoms with van der Waals surface area (Å²) < 4.78 is 8.42. The van der Waals surface area contributed by atoms with Crippen molar-refractivity contribution in [1.29, 1.82) is 0 Å². The van der Waals surface area contributed by atoms with Gasteiger partial charge in [-0.15, -0.1) is 0 Å². The van der Waals surface area contributed by atoms with Crippen LogP contribution in [-0.4, -0.2) is 44.2 Å². The number of nitrogens with zero attached hydrogens (tertiary/aromatic N) is 3. The number of aromatic nitrogens is 4. The summed E-state index contributed by atoms with van der Waals surface area (Å²) in [5.41, 5.74) is 7.45. The zero-order chi connectivity index (χ0) is 22.7. The second-order valence-corrected chi connectivity index (χ2v) is 9.34. The van der Waals surface area contributed by atoms with E-state index < -0.39 is 0 Å². The third kappa shape index (κ3) is 3.18. The summed E-state index contributed by atoms with van der Waals surface area (Å²) in [6.45, 7) is 5.86. The van der Waals surface area contributed by atoms with Crippen molar-refractivity contribution in [2.75, 3.05) is 13.1 Å². The molecule has 3 aromatic heterocycles. The summed E-state index contributed by atoms with van der Waals surface area (Å²) in [6.07, 6.45) is 6.05. The average Bonchev–Trinajstić information content (AvgIpc) is 3.33. The highest BCUT2D eigenvalue weighted by molar-refractivity contribution is 6.02. The largest absolute Gasteiger partial charge is 0.486 e. The molecule has 0 radical (unpaired) electrons. The molecule has 2 N–H and O–H groups in total. The van der Waals surface area contributed by atoms with E-state index in [1.807, 2.05) is 49.2 Å². The van der Waals surface area contributed by atoms with Crippen LogP contribution in [-0.2, 0) is 7.05 Å². The minimum Gasteiger partial charge on any atom is -0.486 e. The summed E-state index contributed by atoms with van der Waals surface area (Å²) in [5, 5.41) is 8.96. The topological polar surface area (TPSA) is 84.8 Å². The van der Waals surface area contributed by atoms with Crippen molar-refractivity contribution in [2.45, 2.75) is 38.7 Å². The van der Waals surface area contributed by atoms with Crippen LogP contribution in [0.1, 0.15) is 41.0 Å². The van der Waals surface area contributed by atoms with E-state index in [2.05, 4.69) is 33.4 Å². The Bertz CT molecular complexity index is 1410. The van der Waals surface area contributed by atoms with Gasteiger partial charge in [0.25, 0.3) is 0 Å². The molecule has 4 aromatic rings. The lowest BCUT2D eigenvalue weighted by atomic mass is 9.82. The number of ketones is 1. The molecule has 1 aromatic carbocycles. The van der Waals surface area contributed by atoms with Gasteiger partial charge < -0.3 is 15.0 Å². The predicted octanol–water partition coefficient (Wildman–Crippen LogP) is 4.33. The van der Waals surface area contributed by atoms with E-state index in [0.29, 0.717) is 17.7 Å². The molecular weight excluding hydrogens is 414 g/mol. The van der Waals surface area contributed by atoms with Gasteiger partial charge in [-0.1, -0.05) is 6.07 Å². The second kappa shape index (κ2) is 7.28. The molecule has 0 aliphatic carbocycles. The second-order valence-electron chi connectivity index (χ2n) is 9.34. The zero-order valence-electron chi connectivity index (χ0n) is 19.2. The number of aromatic amines is 1. The molecule has 7 nitrogen and oxygen atoms in total. The number of aryl methyl sites for hydroxylation is 2. The van der Waals surface area contributed by atoms with E-state index in [9.17, 15) is 4.79 Å². The molecule has 1 fully saturated rings. The number of nitrogens with one attached hydrogen (secondary N) is 2. The number of hydrogen-bond acceptors (Lipinski definition) is 5. The van der Waals surface area contributed by atoms with Crippen molar-refractivity contribution < 1.29 is 9.53 Å². The highest BCUT2D eigenvalue weighted by Crippen LogP contribution is 2.41. The Kier molecular flexibility index (Phi) is 4.45. The van der Waals surface area contributed by atoms with Gasteiger partial charge in [-0.25, -0.2) is 4.98 Å². The first-order valence-corrected chi connectivity index (χ1v) is 11.5. The molecule has 5 heterocycles. The third-order valence-electron chi connectivity index (χ3n) is 7.25. The molecule has 6 rings (SSSR count). The van der Waals surface area contributed by atoms with Gasteiger partial charge in [-0.05, 0) is 50.7 Å². The first kappa shape index (κ1) is 20.2. The smallest absolute Gasteiger partial charge is 0.170 e. The van der Waals surface area contributed by atoms with Crippen LogP contribution in [0.15, 0.2) is 36.7 Å². The van der Waals surface area contributed by atoms with E-state index in [4.69, 9.17) is 4.74 Å². The van der Waals surface area contributed by atoms with Gasteiger partial charge in [0.05, 0.1) is 17.7 Å². The van der Waals surface area contributed by atoms with Crippen LogP contribution in [0, 0.1) is 13.8 Å². The molecule has 0 atom stereocenters. The standard InChI is InChI=1S/C26H27N5O2/c1-15-24(16(2)31(3)30-15)18-10-20-21(14-29-25(20)28-13-18)17-4-5-19-22(32)12-26(33-23(19)11-17)6-8-27-9-7-26/h4-5,10-11,13-14,27H,6-9,12H2,1-3H3,(H,28,29). The van der Waals surface area contributed by atoms with Crippen molar-refractivity contribution in [3.8, 4) is 28.0 Å². The lowest BCUT2D eigenvalue weighted by Crippen LogP contribution is -2.49. The monoisotopic (exact) mass is 441 g/mol. The van der Waals surface area contributed by atoms with Crippen LogP contribution in [0.3, 0.4) is 0 Å². The summed E-state index contributed by atoms with van der Waals surface area (Å²) in [7, 11) is 1.96. The summed E-state index contributed by atoms with van der Waals surface area (Å²) in [5.74, 6) is 0.873. The number of carbonyl (C=O) groups is 1. The maximum absolute atomic E-state index is 12.9. The van der Waals surface area contributed by atoms with Crippen LogP contribution in [0.2, 0.25) is 0 Å². The van der Waals surface area contributed by atoms with Crippen LogP contribution in [0.5, 0.6) is 5.75 Å². The maximum atomic E-state index is 12.9. The Morgan fingerprint density at radius 3 is 2.67 bits per heavy atom. The van der Waals surface area contributed by atoms with E-state index in [-0.39, 0.29) is 11.4 Å². The molecule has 7 heteroatoms. The number of carbonyl (C=O) groups excluding carboxylic acids is 1. The number of rotatable bonds is 2. The number of fused-ring (bicyclic) bond motifs is 2. The molecule has 168 valence electrons. The van der Waals surface area contributed by atoms with Gasteiger partial charge in [0.15, 0.2) is 5.78 Å². The van der Waals surface area contributed by atoms with Crippen LogP contribution < -0.4 is 10.1 Å². The molecule has 0 bridgehead atoms. The fraction of sp³-hybridized carbons (Fsp3) is 0.346. The van der Waals surface area contributed by atoms with Crippen molar-refractivity contribution in [2.24, 2.45) is 7.05 Å². The zero-order valence-corrected chi connectivity index (χ0v) is 19.2. The van der Waals surface area contributed by atoms with Crippen molar-refractivity contribution >= 4 is 16.8 Å². The Morgan fingerprint density at radius 2 is 1.91 bits per heavy atom. The SMILES string of the molecule is Cc1nn(C)c(C)c1-c1cnc2[nH]cc(-c3ccc4c(c3)OC3(CCNCC3)CC4=O)c2c1. The van der Waals surface area contributed by atoms with Gasteiger partial charge in [0.1, 0.15) is 17.0 Å². The Hall–Kier alpha value is -3.45. The van der Waals surface area contributed by atoms with Crippen LogP contribution in [0.25, 0.3) is 33.3 Å². The van der Waals surface area contributed by atoms with E-state index in [0.717, 1.165) is 70.6 Å². The molecule has 1 saturated heterocycles. The minimum atomic E-state index is -0.377. The highest BCUT2D eigenvalue weighted by atomic mass is 16.5. The summed E-state index contributed by atoms with van der Waals surface area (Å²) in [4.78, 5) is 20.9. The quantitative estimate of drug-likeness (QED) is 0.484. The summed E-state index contributed by atoms with van der Waals surface area (Å²) >= 11 is 0. The van der Waals surface area contributed by atoms with Gasteiger partial charge >= 0.3 is 0 Å².